The molecule has 1 N–H and O–H groups in total. The van der Waals surface area contributed by atoms with Gasteiger partial charge in [-0.1, -0.05) is 29.8 Å². The highest BCUT2D eigenvalue weighted by atomic mass is 35.5. The number of ketones is 1. The van der Waals surface area contributed by atoms with E-state index in [-0.39, 0.29) is 24.0 Å². The molecule has 0 unspecified atom stereocenters. The van der Waals surface area contributed by atoms with Crippen molar-refractivity contribution in [2.45, 2.75) is 25.0 Å². The molecule has 2 fully saturated rings. The first kappa shape index (κ1) is 20.4. The minimum Gasteiger partial charge on any atom is -0.507 e. The smallest absolute Gasteiger partial charge is 0.295 e. The summed E-state index contributed by atoms with van der Waals surface area (Å²) in [7, 11) is 1.54. The predicted octanol–water partition coefficient (Wildman–Crippen LogP) is 3.95. The van der Waals surface area contributed by atoms with E-state index in [2.05, 4.69) is 0 Å². The van der Waals surface area contributed by atoms with E-state index in [0.717, 1.165) is 12.8 Å². The van der Waals surface area contributed by atoms with E-state index in [1.807, 2.05) is 0 Å². The number of rotatable bonds is 5. The van der Waals surface area contributed by atoms with Crippen molar-refractivity contribution in [3.63, 3.8) is 0 Å². The molecule has 0 radical (unpaired) electrons. The van der Waals surface area contributed by atoms with Crippen molar-refractivity contribution < 1.29 is 24.2 Å². The third-order valence-corrected chi connectivity index (χ3v) is 5.87. The van der Waals surface area contributed by atoms with Crippen LogP contribution in [0.3, 0.4) is 0 Å². The Morgan fingerprint density at radius 1 is 1.20 bits per heavy atom. The highest BCUT2D eigenvalue weighted by Gasteiger charge is 2.47. The van der Waals surface area contributed by atoms with Gasteiger partial charge >= 0.3 is 0 Å². The molecule has 30 heavy (non-hydrogen) atoms. The van der Waals surface area contributed by atoms with E-state index in [4.69, 9.17) is 21.1 Å². The topological polar surface area (TPSA) is 76.1 Å². The number of carbonyl (C=O) groups is 2. The van der Waals surface area contributed by atoms with Crippen LogP contribution < -0.4 is 4.74 Å². The number of Topliss-reactive ketones (excluding diaryl/α,β-unsaturated/α-hetero) is 1. The van der Waals surface area contributed by atoms with E-state index in [9.17, 15) is 14.7 Å². The highest BCUT2D eigenvalue weighted by Crippen LogP contribution is 2.42. The Morgan fingerprint density at radius 2 is 1.93 bits per heavy atom. The number of amides is 1. The summed E-state index contributed by atoms with van der Waals surface area (Å²) in [6.07, 6.45) is 1.59. The molecule has 156 valence electrons. The van der Waals surface area contributed by atoms with Crippen LogP contribution in [0, 0.1) is 0 Å². The number of ether oxygens (including phenoxy) is 2. The van der Waals surface area contributed by atoms with Crippen molar-refractivity contribution in [2.24, 2.45) is 0 Å². The molecular formula is C23H22ClNO5. The Bertz CT molecular complexity index is 995. The molecule has 0 saturated carbocycles. The van der Waals surface area contributed by atoms with E-state index < -0.39 is 17.7 Å². The number of methoxy groups -OCH3 is 1. The zero-order valence-electron chi connectivity index (χ0n) is 16.5. The Balaban J connectivity index is 1.82. The van der Waals surface area contributed by atoms with Crippen molar-refractivity contribution in [3.05, 3.63) is 70.3 Å². The first-order valence-corrected chi connectivity index (χ1v) is 10.2. The van der Waals surface area contributed by atoms with Gasteiger partial charge in [0.1, 0.15) is 11.5 Å². The minimum atomic E-state index is -0.787. The lowest BCUT2D eigenvalue weighted by Gasteiger charge is -2.28. The van der Waals surface area contributed by atoms with Crippen LogP contribution >= 0.6 is 11.6 Å². The summed E-state index contributed by atoms with van der Waals surface area (Å²) < 4.78 is 10.8. The average molecular weight is 428 g/mol. The highest BCUT2D eigenvalue weighted by molar-refractivity contribution is 6.47. The number of hydrogen-bond acceptors (Lipinski definition) is 5. The summed E-state index contributed by atoms with van der Waals surface area (Å²) in [5.74, 6) is -1.01. The van der Waals surface area contributed by atoms with Gasteiger partial charge in [-0.25, -0.2) is 0 Å². The molecule has 2 atom stereocenters. The summed E-state index contributed by atoms with van der Waals surface area (Å²) in [5, 5.41) is 11.5. The largest absolute Gasteiger partial charge is 0.507 e. The molecule has 0 bridgehead atoms. The van der Waals surface area contributed by atoms with E-state index in [1.165, 1.54) is 4.90 Å². The second kappa shape index (κ2) is 8.50. The van der Waals surface area contributed by atoms with Crippen LogP contribution in [0.25, 0.3) is 5.76 Å². The van der Waals surface area contributed by atoms with Crippen molar-refractivity contribution >= 4 is 29.1 Å². The molecule has 1 amide bonds. The Kier molecular flexibility index (Phi) is 5.79. The molecule has 2 heterocycles. The minimum absolute atomic E-state index is 0.0243. The molecular weight excluding hydrogens is 406 g/mol. The Hall–Kier alpha value is -2.83. The first-order chi connectivity index (χ1) is 14.5. The summed E-state index contributed by atoms with van der Waals surface area (Å²) in [6, 6.07) is 12.9. The van der Waals surface area contributed by atoms with Crippen LogP contribution in [0.4, 0.5) is 0 Å². The number of aliphatic hydroxyl groups is 1. The van der Waals surface area contributed by atoms with Crippen molar-refractivity contribution in [2.75, 3.05) is 20.3 Å². The van der Waals surface area contributed by atoms with Gasteiger partial charge in [0.05, 0.1) is 24.8 Å². The maximum Gasteiger partial charge on any atom is 0.295 e. The second-order valence-electron chi connectivity index (χ2n) is 7.34. The normalized spacial score (nSPS) is 23.2. The standard InChI is InChI=1S/C23H22ClNO5/c1-29-15-10-8-14(9-11-15)21(26)19-20(17-6-2-3-7-18(17)24)25(23(28)22(19)27)13-16-5-4-12-30-16/h2-3,6-11,16,20,26H,4-5,12-13H2,1H3/t16-,20+/m1/s1. The third kappa shape index (κ3) is 3.68. The fourth-order valence-electron chi connectivity index (χ4n) is 4.00. The molecule has 6 nitrogen and oxygen atoms in total. The lowest BCUT2D eigenvalue weighted by molar-refractivity contribution is -0.140. The van der Waals surface area contributed by atoms with E-state index >= 15 is 0 Å². The summed E-state index contributed by atoms with van der Waals surface area (Å²) in [6.45, 7) is 0.900. The molecule has 0 aromatic heterocycles. The van der Waals surface area contributed by atoms with Crippen LogP contribution in [0.2, 0.25) is 5.02 Å². The van der Waals surface area contributed by atoms with Gasteiger partial charge in [0.15, 0.2) is 0 Å². The summed E-state index contributed by atoms with van der Waals surface area (Å²) in [5.41, 5.74) is 1.03. The van der Waals surface area contributed by atoms with Crippen molar-refractivity contribution in [3.8, 4) is 5.75 Å². The molecule has 2 saturated heterocycles. The number of hydrogen-bond donors (Lipinski definition) is 1. The number of aliphatic hydroxyl groups excluding tert-OH is 1. The van der Waals surface area contributed by atoms with E-state index in [0.29, 0.717) is 28.5 Å². The van der Waals surface area contributed by atoms with Gasteiger partial charge in [-0.3, -0.25) is 9.59 Å². The van der Waals surface area contributed by atoms with Gasteiger partial charge in [-0.05, 0) is 48.7 Å². The molecule has 2 aromatic rings. The lowest BCUT2D eigenvalue weighted by atomic mass is 9.95. The first-order valence-electron chi connectivity index (χ1n) is 9.80. The number of halogens is 1. The van der Waals surface area contributed by atoms with Gasteiger partial charge in [-0.15, -0.1) is 0 Å². The number of carbonyl (C=O) groups excluding carboxylic acids is 2. The zero-order chi connectivity index (χ0) is 21.3. The van der Waals surface area contributed by atoms with Crippen LogP contribution in [0.15, 0.2) is 54.1 Å². The predicted molar refractivity (Wildman–Crippen MR) is 112 cm³/mol. The zero-order valence-corrected chi connectivity index (χ0v) is 17.3. The maximum absolute atomic E-state index is 13.0. The summed E-state index contributed by atoms with van der Waals surface area (Å²) >= 11 is 6.44. The number of likely N-dealkylation sites (tertiary alicyclic amines) is 1. The molecule has 0 spiro atoms. The fraction of sp³-hybridized carbons (Fsp3) is 0.304. The molecule has 2 aromatic carbocycles. The van der Waals surface area contributed by atoms with Crippen LogP contribution in [0.5, 0.6) is 5.75 Å². The monoisotopic (exact) mass is 427 g/mol. The lowest BCUT2D eigenvalue weighted by Crippen LogP contribution is -2.36. The van der Waals surface area contributed by atoms with E-state index in [1.54, 1.807) is 55.6 Å². The molecule has 4 rings (SSSR count). The van der Waals surface area contributed by atoms with Gasteiger partial charge in [0, 0.05) is 23.7 Å². The Labute approximate surface area is 179 Å². The van der Waals surface area contributed by atoms with Crippen LogP contribution in [0.1, 0.15) is 30.0 Å². The number of nitrogens with zero attached hydrogens (tertiary/aromatic N) is 1. The average Bonchev–Trinajstić information content (AvgIpc) is 3.36. The second-order valence-corrected chi connectivity index (χ2v) is 7.74. The molecule has 7 heteroatoms. The van der Waals surface area contributed by atoms with Gasteiger partial charge < -0.3 is 19.5 Å². The van der Waals surface area contributed by atoms with Gasteiger partial charge in [0.2, 0.25) is 0 Å². The quantitative estimate of drug-likeness (QED) is 0.444. The van der Waals surface area contributed by atoms with Crippen LogP contribution in [-0.4, -0.2) is 48.1 Å². The fourth-order valence-corrected chi connectivity index (χ4v) is 4.24. The van der Waals surface area contributed by atoms with Crippen LogP contribution in [-0.2, 0) is 14.3 Å². The third-order valence-electron chi connectivity index (χ3n) is 5.53. The van der Waals surface area contributed by atoms with Gasteiger partial charge in [0.25, 0.3) is 11.7 Å². The molecule has 0 aliphatic carbocycles. The Morgan fingerprint density at radius 3 is 2.57 bits per heavy atom. The SMILES string of the molecule is COc1ccc(C(O)=C2C(=O)C(=O)N(C[C@H]3CCCO3)[C@H]2c2ccccc2Cl)cc1. The maximum atomic E-state index is 13.0. The van der Waals surface area contributed by atoms with Crippen molar-refractivity contribution in [1.82, 2.24) is 4.90 Å². The van der Waals surface area contributed by atoms with Crippen molar-refractivity contribution in [1.29, 1.82) is 0 Å². The van der Waals surface area contributed by atoms with Gasteiger partial charge in [-0.2, -0.15) is 0 Å². The molecule has 2 aliphatic heterocycles. The molecule has 2 aliphatic rings. The summed E-state index contributed by atoms with van der Waals surface area (Å²) in [4.78, 5) is 27.4. The number of benzene rings is 2.